The predicted molar refractivity (Wildman–Crippen MR) is 106 cm³/mol. The van der Waals surface area contributed by atoms with Crippen molar-refractivity contribution >= 4 is 10.0 Å². The molecule has 0 aromatic heterocycles. The molecule has 5 nitrogen and oxygen atoms in total. The van der Waals surface area contributed by atoms with Gasteiger partial charge in [0.2, 0.25) is 10.0 Å². The van der Waals surface area contributed by atoms with Crippen molar-refractivity contribution < 1.29 is 17.9 Å². The van der Waals surface area contributed by atoms with Crippen molar-refractivity contribution in [3.05, 3.63) is 53.6 Å². The minimum absolute atomic E-state index is 0.213. The summed E-state index contributed by atoms with van der Waals surface area (Å²) in [6.07, 6.45) is 1.68. The molecule has 0 spiro atoms. The average molecular weight is 390 g/mol. The lowest BCUT2D eigenvalue weighted by atomic mass is 9.94. The van der Waals surface area contributed by atoms with Crippen LogP contribution >= 0.6 is 0 Å². The summed E-state index contributed by atoms with van der Waals surface area (Å²) in [5, 5.41) is 0. The van der Waals surface area contributed by atoms with E-state index in [-0.39, 0.29) is 12.1 Å². The van der Waals surface area contributed by atoms with Crippen molar-refractivity contribution in [2.45, 2.75) is 50.7 Å². The fourth-order valence-corrected chi connectivity index (χ4v) is 4.43. The number of nitrogens with zero attached hydrogens (tertiary/aromatic N) is 1. The van der Waals surface area contributed by atoms with Gasteiger partial charge < -0.3 is 9.47 Å². The van der Waals surface area contributed by atoms with Gasteiger partial charge in [-0.25, -0.2) is 8.42 Å². The number of benzene rings is 2. The van der Waals surface area contributed by atoms with Crippen LogP contribution in [0.5, 0.6) is 11.5 Å². The molecule has 1 aliphatic heterocycles. The van der Waals surface area contributed by atoms with Gasteiger partial charge in [0.15, 0.2) is 0 Å². The lowest BCUT2D eigenvalue weighted by Gasteiger charge is -2.32. The number of ether oxygens (including phenoxy) is 2. The van der Waals surface area contributed by atoms with Crippen molar-refractivity contribution in [2.24, 2.45) is 0 Å². The van der Waals surface area contributed by atoms with Crippen LogP contribution in [0.25, 0.3) is 0 Å². The quantitative estimate of drug-likeness (QED) is 0.749. The molecule has 1 heterocycles. The second-order valence-electron chi connectivity index (χ2n) is 7.47. The van der Waals surface area contributed by atoms with Gasteiger partial charge in [-0.3, -0.25) is 0 Å². The molecule has 0 unspecified atom stereocenters. The SMILES string of the molecule is CCOc1cccc(CN(C)S(=O)(=O)c2ccc3c(c2)CCC(C)(C)O3)c1. The maximum Gasteiger partial charge on any atom is 0.243 e. The van der Waals surface area contributed by atoms with Gasteiger partial charge in [0.1, 0.15) is 17.1 Å². The van der Waals surface area contributed by atoms with Gasteiger partial charge >= 0.3 is 0 Å². The van der Waals surface area contributed by atoms with Crippen molar-refractivity contribution in [1.82, 2.24) is 4.31 Å². The van der Waals surface area contributed by atoms with Gasteiger partial charge in [0.25, 0.3) is 0 Å². The van der Waals surface area contributed by atoms with Crippen LogP contribution in [-0.4, -0.2) is 32.0 Å². The van der Waals surface area contributed by atoms with Gasteiger partial charge in [-0.15, -0.1) is 0 Å². The summed E-state index contributed by atoms with van der Waals surface area (Å²) in [5.74, 6) is 1.52. The molecule has 0 saturated heterocycles. The first-order chi connectivity index (χ1) is 12.7. The summed E-state index contributed by atoms with van der Waals surface area (Å²) in [7, 11) is -1.99. The van der Waals surface area contributed by atoms with Gasteiger partial charge in [0.05, 0.1) is 11.5 Å². The van der Waals surface area contributed by atoms with E-state index in [1.54, 1.807) is 25.2 Å². The van der Waals surface area contributed by atoms with Crippen LogP contribution in [0.1, 0.15) is 38.3 Å². The Kier molecular flexibility index (Phi) is 5.49. The summed E-state index contributed by atoms with van der Waals surface area (Å²) in [6.45, 7) is 6.87. The zero-order chi connectivity index (χ0) is 19.7. The van der Waals surface area contributed by atoms with Crippen molar-refractivity contribution in [2.75, 3.05) is 13.7 Å². The van der Waals surface area contributed by atoms with E-state index in [9.17, 15) is 8.42 Å². The molecule has 0 fully saturated rings. The number of hydrogen-bond acceptors (Lipinski definition) is 4. The Labute approximate surface area is 162 Å². The number of rotatable bonds is 6. The summed E-state index contributed by atoms with van der Waals surface area (Å²) in [4.78, 5) is 0.299. The van der Waals surface area contributed by atoms with Crippen LogP contribution in [0.3, 0.4) is 0 Å². The van der Waals surface area contributed by atoms with Crippen molar-refractivity contribution in [1.29, 1.82) is 0 Å². The van der Waals surface area contributed by atoms with E-state index in [1.165, 1.54) is 4.31 Å². The first-order valence-electron chi connectivity index (χ1n) is 9.21. The molecular formula is C21H27NO4S. The average Bonchev–Trinajstić information content (AvgIpc) is 2.61. The van der Waals surface area contributed by atoms with Crippen LogP contribution < -0.4 is 9.47 Å². The van der Waals surface area contributed by atoms with Gasteiger partial charge in [-0.1, -0.05) is 12.1 Å². The van der Waals surface area contributed by atoms with E-state index < -0.39 is 10.0 Å². The highest BCUT2D eigenvalue weighted by Gasteiger charge is 2.29. The summed E-state index contributed by atoms with van der Waals surface area (Å²) >= 11 is 0. The molecule has 0 bridgehead atoms. The highest BCUT2D eigenvalue weighted by Crippen LogP contribution is 2.34. The number of fused-ring (bicyclic) bond motifs is 1. The molecule has 0 atom stereocenters. The largest absolute Gasteiger partial charge is 0.494 e. The third-order valence-corrected chi connectivity index (χ3v) is 6.54. The van der Waals surface area contributed by atoms with Gasteiger partial charge in [-0.2, -0.15) is 4.31 Å². The molecule has 6 heteroatoms. The van der Waals surface area contributed by atoms with E-state index >= 15 is 0 Å². The minimum atomic E-state index is -3.59. The lowest BCUT2D eigenvalue weighted by Crippen LogP contribution is -2.33. The zero-order valence-corrected chi connectivity index (χ0v) is 17.2. The third kappa shape index (κ3) is 4.45. The van der Waals surface area contributed by atoms with E-state index in [4.69, 9.17) is 9.47 Å². The molecule has 0 radical (unpaired) electrons. The normalized spacial score (nSPS) is 15.9. The highest BCUT2D eigenvalue weighted by atomic mass is 32.2. The minimum Gasteiger partial charge on any atom is -0.494 e. The van der Waals surface area contributed by atoms with Crippen molar-refractivity contribution in [3.8, 4) is 11.5 Å². The third-order valence-electron chi connectivity index (χ3n) is 4.74. The Bertz CT molecular complexity index is 922. The van der Waals surface area contributed by atoms with Crippen LogP contribution in [-0.2, 0) is 23.0 Å². The molecule has 2 aromatic carbocycles. The highest BCUT2D eigenvalue weighted by molar-refractivity contribution is 7.89. The molecule has 0 amide bonds. The molecule has 0 N–H and O–H groups in total. The second kappa shape index (κ2) is 7.52. The van der Waals surface area contributed by atoms with E-state index in [0.29, 0.717) is 11.5 Å². The van der Waals surface area contributed by atoms with E-state index in [0.717, 1.165) is 35.5 Å². The molecule has 146 valence electrons. The number of hydrogen-bond donors (Lipinski definition) is 0. The lowest BCUT2D eigenvalue weighted by molar-refractivity contribution is 0.0845. The first-order valence-corrected chi connectivity index (χ1v) is 10.7. The Morgan fingerprint density at radius 3 is 2.70 bits per heavy atom. The number of aryl methyl sites for hydroxylation is 1. The zero-order valence-electron chi connectivity index (χ0n) is 16.4. The standard InChI is InChI=1S/C21H27NO4S/c1-5-25-18-8-6-7-16(13-18)15-22(4)27(23,24)19-9-10-20-17(14-19)11-12-21(2,3)26-20/h6-10,13-14H,5,11-12,15H2,1-4H3. The molecule has 27 heavy (non-hydrogen) atoms. The summed E-state index contributed by atoms with van der Waals surface area (Å²) in [5.41, 5.74) is 1.62. The van der Waals surface area contributed by atoms with Gasteiger partial charge in [0, 0.05) is 13.6 Å². The fourth-order valence-electron chi connectivity index (χ4n) is 3.22. The van der Waals surface area contributed by atoms with Crippen LogP contribution in [0.4, 0.5) is 0 Å². The van der Waals surface area contributed by atoms with Crippen molar-refractivity contribution in [3.63, 3.8) is 0 Å². The topological polar surface area (TPSA) is 55.8 Å². The predicted octanol–water partition coefficient (Wildman–Crippen LogP) is 4.01. The summed E-state index contributed by atoms with van der Waals surface area (Å²) < 4.78 is 38.8. The molecule has 1 aliphatic rings. The van der Waals surface area contributed by atoms with E-state index in [2.05, 4.69) is 0 Å². The van der Waals surface area contributed by atoms with Crippen LogP contribution in [0, 0.1) is 0 Å². The fraction of sp³-hybridized carbons (Fsp3) is 0.429. The van der Waals surface area contributed by atoms with Gasteiger partial charge in [-0.05, 0) is 75.1 Å². The smallest absolute Gasteiger partial charge is 0.243 e. The molecule has 0 aliphatic carbocycles. The van der Waals surface area contributed by atoms with E-state index in [1.807, 2.05) is 45.0 Å². The second-order valence-corrected chi connectivity index (χ2v) is 9.52. The maximum atomic E-state index is 13.0. The van der Waals surface area contributed by atoms with Crippen LogP contribution in [0.2, 0.25) is 0 Å². The molecule has 3 rings (SSSR count). The molecule has 2 aromatic rings. The summed E-state index contributed by atoms with van der Waals surface area (Å²) in [6, 6.07) is 12.7. The Morgan fingerprint density at radius 2 is 1.96 bits per heavy atom. The Morgan fingerprint density at radius 1 is 1.19 bits per heavy atom. The first kappa shape index (κ1) is 19.7. The Hall–Kier alpha value is -2.05. The molecule has 0 saturated carbocycles. The van der Waals surface area contributed by atoms with Crippen LogP contribution in [0.15, 0.2) is 47.4 Å². The monoisotopic (exact) mass is 389 g/mol. The molecular weight excluding hydrogens is 362 g/mol. The number of sulfonamides is 1. The Balaban J connectivity index is 1.81. The maximum absolute atomic E-state index is 13.0.